The number of terminal acetylenes is 1. The highest BCUT2D eigenvalue weighted by Crippen LogP contribution is 2.32. The van der Waals surface area contributed by atoms with Gasteiger partial charge in [0.2, 0.25) is 17.8 Å². The number of aromatic amines is 1. The second-order valence-corrected chi connectivity index (χ2v) is 27.2. The number of nitrogens with one attached hydrogen (secondary N) is 4. The Kier molecular flexibility index (Phi) is 21.9. The molecule has 3 saturated heterocycles. The van der Waals surface area contributed by atoms with Crippen LogP contribution in [0.15, 0.2) is 165 Å². The third-order valence-electron chi connectivity index (χ3n) is 19.3. The van der Waals surface area contributed by atoms with Crippen LogP contribution in [0.4, 0.5) is 34.9 Å². The quantitative estimate of drug-likeness (QED) is 0.0617. The zero-order chi connectivity index (χ0) is 74.0. The van der Waals surface area contributed by atoms with Crippen LogP contribution in [0.25, 0.3) is 66.9 Å². The van der Waals surface area contributed by atoms with Gasteiger partial charge in [-0.1, -0.05) is 12.8 Å². The van der Waals surface area contributed by atoms with E-state index in [0.29, 0.717) is 70.1 Å². The van der Waals surface area contributed by atoms with Crippen molar-refractivity contribution in [3.63, 3.8) is 0 Å². The predicted molar refractivity (Wildman–Crippen MR) is 414 cm³/mol. The SMILES string of the molecule is C#CC(C)(C)c1ccnc(-c2ccnc(Nc3ccc4c(c3)cc(C(=O)N3CCN(C)CC3)n4C)n2)c1.CCCOc1ccnc(-c2ccnc(Nc3ccc4c(c3)cc(C(=O)N3CCN(C)CC3)n4C)n2)c1.COc1ccnc(-c2ccnc(Nc3ccc4[nH]c(C(=O)N5CCN(C)CC5)cc4c3)n2)c1. The first kappa shape index (κ1) is 72.2. The van der Waals surface area contributed by atoms with Gasteiger partial charge in [0.15, 0.2) is 0 Å². The number of amides is 3. The van der Waals surface area contributed by atoms with Gasteiger partial charge < -0.3 is 68.9 Å². The Morgan fingerprint density at radius 1 is 0.462 bits per heavy atom. The van der Waals surface area contributed by atoms with E-state index in [0.717, 1.165) is 157 Å². The average Bonchev–Trinajstić information content (AvgIpc) is 1.64. The molecule has 26 heteroatoms. The maximum absolute atomic E-state index is 13.2. The van der Waals surface area contributed by atoms with Gasteiger partial charge in [-0.15, -0.1) is 6.42 Å². The zero-order valence-electron chi connectivity index (χ0n) is 61.2. The summed E-state index contributed by atoms with van der Waals surface area (Å²) in [6.45, 7) is 16.6. The number of hydrogen-bond donors (Lipinski definition) is 4. The number of ether oxygens (including phenoxy) is 2. The van der Waals surface area contributed by atoms with E-state index in [4.69, 9.17) is 15.9 Å². The highest BCUT2D eigenvalue weighted by molar-refractivity contribution is 6.01. The molecule has 26 nitrogen and oxygen atoms in total. The molecule has 12 heterocycles. The number of hydrogen-bond acceptors (Lipinski definition) is 20. The second kappa shape index (κ2) is 32.2. The van der Waals surface area contributed by atoms with E-state index < -0.39 is 5.41 Å². The van der Waals surface area contributed by atoms with Crippen LogP contribution in [0.5, 0.6) is 11.5 Å². The first-order chi connectivity index (χ1) is 51.3. The van der Waals surface area contributed by atoms with Crippen LogP contribution in [-0.4, -0.2) is 219 Å². The number of benzene rings is 3. The van der Waals surface area contributed by atoms with Crippen LogP contribution in [0.1, 0.15) is 64.2 Å². The summed E-state index contributed by atoms with van der Waals surface area (Å²) in [6.07, 6.45) is 16.9. The van der Waals surface area contributed by atoms with Crippen molar-refractivity contribution in [3.8, 4) is 58.0 Å². The number of nitrogens with zero attached hydrogens (tertiary/aromatic N) is 17. The van der Waals surface area contributed by atoms with Crippen molar-refractivity contribution in [2.45, 2.75) is 32.6 Å². The highest BCUT2D eigenvalue weighted by atomic mass is 16.5. The fourth-order valence-corrected chi connectivity index (χ4v) is 12.8. The lowest BCUT2D eigenvalue weighted by Gasteiger charge is -2.32. The lowest BCUT2D eigenvalue weighted by atomic mass is 9.86. The molecule has 3 fully saturated rings. The van der Waals surface area contributed by atoms with Gasteiger partial charge in [0.1, 0.15) is 28.6 Å². The van der Waals surface area contributed by atoms with Crippen LogP contribution in [0, 0.1) is 12.3 Å². The largest absolute Gasteiger partial charge is 0.497 e. The standard InChI is InChI=1S/C29H31N7O.C27H31N7O2.C24H25N7O2/c1-6-29(2,3)21-9-11-30-24(19-21)23-10-12-31-28(33-23)32-22-7-8-25-20(17-22)18-26(35(25)5)27(37)36-15-13-34(4)14-16-36;1-4-15-36-21-7-9-28-23(18-21)22-8-10-29-27(31-22)30-20-5-6-24-19(16-20)17-25(33(24)3)26(35)34-13-11-32(2)12-14-34;1-30-9-11-31(12-10-30)23(32)22-14-16-13-17(3-4-19(16)28-22)27-24-26-8-6-20(29-24)21-15-18(33-2)5-7-25-21/h1,7-12,17-19H,13-16H2,2-5H3,(H,31,32,33);5-10,16-18H,4,11-15H2,1-3H3,(H,29,30,31);3-8,13-15,28H,9-12H2,1-2H3,(H,26,27,29). The van der Waals surface area contributed by atoms with E-state index in [1.165, 1.54) is 0 Å². The molecule has 4 N–H and O–H groups in total. The van der Waals surface area contributed by atoms with E-state index in [9.17, 15) is 14.4 Å². The Labute approximate surface area is 615 Å². The van der Waals surface area contributed by atoms with E-state index in [2.05, 4.69) is 114 Å². The fraction of sp³-hybridized carbons (Fsp3) is 0.300. The number of piperazine rings is 3. The second-order valence-electron chi connectivity index (χ2n) is 27.2. The number of carbonyl (C=O) groups is 3. The van der Waals surface area contributed by atoms with Gasteiger partial charge in [0.25, 0.3) is 17.7 Å². The molecule has 3 aliphatic rings. The van der Waals surface area contributed by atoms with Crippen molar-refractivity contribution in [2.24, 2.45) is 14.1 Å². The molecule has 3 aliphatic heterocycles. The van der Waals surface area contributed by atoms with Crippen molar-refractivity contribution in [2.75, 3.05) is 129 Å². The van der Waals surface area contributed by atoms with E-state index in [1.807, 2.05) is 167 Å². The minimum atomic E-state index is -0.401. The topological polar surface area (TPSA) is 267 Å². The van der Waals surface area contributed by atoms with Gasteiger partial charge in [-0.25, -0.2) is 29.9 Å². The number of likely N-dealkylation sites (N-methyl/N-ethyl adjacent to an activating group) is 3. The molecule has 9 aromatic heterocycles. The van der Waals surface area contributed by atoms with Crippen LogP contribution in [0.2, 0.25) is 0 Å². The first-order valence-electron chi connectivity index (χ1n) is 35.5. The number of carbonyl (C=O) groups excluding carboxylic acids is 3. The fourth-order valence-electron chi connectivity index (χ4n) is 12.8. The molecular formula is C80H87N21O5. The Balaban J connectivity index is 0.000000141. The molecule has 0 radical (unpaired) electrons. The summed E-state index contributed by atoms with van der Waals surface area (Å²) in [5.74, 6) is 5.89. The van der Waals surface area contributed by atoms with Gasteiger partial charge in [-0.2, -0.15) is 0 Å². The lowest BCUT2D eigenvalue weighted by Crippen LogP contribution is -2.47. The molecule has 0 atom stereocenters. The van der Waals surface area contributed by atoms with Gasteiger partial charge in [-0.3, -0.25) is 29.3 Å². The Hall–Kier alpha value is -12.2. The van der Waals surface area contributed by atoms with Crippen LogP contribution < -0.4 is 25.4 Å². The Bertz CT molecular complexity index is 5190. The Morgan fingerprint density at radius 2 is 0.868 bits per heavy atom. The number of fused-ring (bicyclic) bond motifs is 3. The van der Waals surface area contributed by atoms with Gasteiger partial charge in [0, 0.05) is 192 Å². The number of rotatable bonds is 17. The molecule has 0 aliphatic carbocycles. The maximum atomic E-state index is 13.2. The van der Waals surface area contributed by atoms with Crippen molar-refractivity contribution < 1.29 is 23.9 Å². The number of pyridine rings is 3. The third kappa shape index (κ3) is 16.9. The molecule has 542 valence electrons. The molecule has 106 heavy (non-hydrogen) atoms. The summed E-state index contributed by atoms with van der Waals surface area (Å²) in [4.78, 5) is 95.3. The summed E-state index contributed by atoms with van der Waals surface area (Å²) in [5.41, 5.74) is 12.3. The van der Waals surface area contributed by atoms with Crippen molar-refractivity contribution in [1.29, 1.82) is 0 Å². The Morgan fingerprint density at radius 3 is 1.32 bits per heavy atom. The number of methoxy groups -OCH3 is 1. The number of aryl methyl sites for hydroxylation is 2. The molecule has 12 aromatic rings. The van der Waals surface area contributed by atoms with Crippen molar-refractivity contribution >= 4 is 85.3 Å². The minimum absolute atomic E-state index is 0.0376. The smallest absolute Gasteiger partial charge is 0.270 e. The predicted octanol–water partition coefficient (Wildman–Crippen LogP) is 11.2. The molecule has 0 saturated carbocycles. The van der Waals surface area contributed by atoms with E-state index in [1.54, 1.807) is 56.4 Å². The average molecular weight is 1420 g/mol. The summed E-state index contributed by atoms with van der Waals surface area (Å²) in [7, 11) is 11.7. The maximum Gasteiger partial charge on any atom is 0.270 e. The molecule has 3 amide bonds. The molecule has 15 rings (SSSR count). The van der Waals surface area contributed by atoms with Crippen molar-refractivity contribution in [1.82, 2.24) is 88.4 Å². The van der Waals surface area contributed by atoms with Crippen LogP contribution >= 0.6 is 0 Å². The summed E-state index contributed by atoms with van der Waals surface area (Å²) >= 11 is 0. The van der Waals surface area contributed by atoms with Crippen molar-refractivity contribution in [3.05, 3.63) is 187 Å². The summed E-state index contributed by atoms with van der Waals surface area (Å²) in [5, 5.41) is 12.7. The lowest BCUT2D eigenvalue weighted by molar-refractivity contribution is 0.0648. The summed E-state index contributed by atoms with van der Waals surface area (Å²) in [6, 6.07) is 40.4. The normalized spacial score (nSPS) is 14.4. The summed E-state index contributed by atoms with van der Waals surface area (Å²) < 4.78 is 14.9. The molecule has 3 aromatic carbocycles. The number of H-pyrrole nitrogens is 1. The minimum Gasteiger partial charge on any atom is -0.497 e. The van der Waals surface area contributed by atoms with Gasteiger partial charge in [0.05, 0.1) is 53.3 Å². The number of anilines is 6. The molecule has 0 spiro atoms. The molecule has 0 unspecified atom stereocenters. The van der Waals surface area contributed by atoms with Crippen LogP contribution in [0.3, 0.4) is 0 Å². The third-order valence-corrected chi connectivity index (χ3v) is 19.3. The first-order valence-corrected chi connectivity index (χ1v) is 35.5. The van der Waals surface area contributed by atoms with Crippen LogP contribution in [-0.2, 0) is 19.5 Å². The highest BCUT2D eigenvalue weighted by Gasteiger charge is 2.27. The molecule has 0 bridgehead atoms. The monoisotopic (exact) mass is 1420 g/mol. The number of aromatic nitrogens is 12. The molecular weight excluding hydrogens is 1340 g/mol. The van der Waals surface area contributed by atoms with E-state index >= 15 is 0 Å². The van der Waals surface area contributed by atoms with Gasteiger partial charge >= 0.3 is 0 Å². The van der Waals surface area contributed by atoms with Gasteiger partial charge in [-0.05, 0) is 162 Å². The van der Waals surface area contributed by atoms with E-state index in [-0.39, 0.29) is 17.7 Å². The zero-order valence-corrected chi connectivity index (χ0v) is 61.2.